The number of nitrogens with one attached hydrogen (secondary N) is 2. The minimum Gasteiger partial charge on any atom is -0.548 e. The molecule has 27 heavy (non-hydrogen) atoms. The molecule has 0 aliphatic carbocycles. The highest BCUT2D eigenvalue weighted by Gasteiger charge is 2.35. The van der Waals surface area contributed by atoms with Crippen LogP contribution in [0, 0.1) is 5.92 Å². The third-order valence-corrected chi connectivity index (χ3v) is 4.55. The van der Waals surface area contributed by atoms with Crippen molar-refractivity contribution < 1.29 is 30.2 Å². The number of carbonyl (C=O) groups is 3. The van der Waals surface area contributed by atoms with Gasteiger partial charge in [-0.05, 0) is 31.6 Å². The van der Waals surface area contributed by atoms with E-state index in [-0.39, 0.29) is 11.9 Å². The fourth-order valence-electron chi connectivity index (χ4n) is 3.24. The standard InChI is InChI=1S/C17H32N6O4/c1-10(2)9-11(18)14(24)22-12(5-3-7-21-17(19)20)15(25)23-8-4-6-13(23)16(26)27/h10-13H,3-9,18H2,1-2H3,(H,22,24)(H,26,27)(H4,19,20,21)/p+1/t11-,12-,13-/m0/s1. The lowest BCUT2D eigenvalue weighted by Gasteiger charge is -2.30. The lowest BCUT2D eigenvalue weighted by atomic mass is 10.0. The molecule has 10 nitrogen and oxygen atoms in total. The number of hydrogen-bond donors (Lipinski definition) is 5. The van der Waals surface area contributed by atoms with Gasteiger partial charge >= 0.3 is 5.96 Å². The molecule has 9 N–H and O–H groups in total. The number of likely N-dealkylation sites (tertiary alicyclic amines) is 1. The van der Waals surface area contributed by atoms with Gasteiger partial charge in [0.2, 0.25) is 5.91 Å². The fourth-order valence-corrected chi connectivity index (χ4v) is 3.24. The second kappa shape index (κ2) is 10.7. The van der Waals surface area contributed by atoms with Crippen molar-refractivity contribution in [2.24, 2.45) is 17.4 Å². The molecule has 0 bridgehead atoms. The predicted molar refractivity (Wildman–Crippen MR) is 96.2 cm³/mol. The Kier molecular flexibility index (Phi) is 8.99. The van der Waals surface area contributed by atoms with E-state index >= 15 is 0 Å². The Morgan fingerprint density at radius 3 is 2.56 bits per heavy atom. The van der Waals surface area contributed by atoms with Crippen LogP contribution in [0.2, 0.25) is 0 Å². The Morgan fingerprint density at radius 2 is 2.00 bits per heavy atom. The zero-order valence-corrected chi connectivity index (χ0v) is 16.2. The summed E-state index contributed by atoms with van der Waals surface area (Å²) in [6, 6.07) is -2.26. The number of quaternary nitrogens is 1. The second-order valence-electron chi connectivity index (χ2n) is 7.42. The van der Waals surface area contributed by atoms with E-state index in [0.717, 1.165) is 0 Å². The third-order valence-electron chi connectivity index (χ3n) is 4.55. The number of carboxylic acids is 1. The normalized spacial score (nSPS) is 18.8. The highest BCUT2D eigenvalue weighted by atomic mass is 16.4. The quantitative estimate of drug-likeness (QED) is 0.142. The van der Waals surface area contributed by atoms with Gasteiger partial charge in [-0.3, -0.25) is 26.0 Å². The molecule has 1 heterocycles. The number of nitrogens with zero attached hydrogens (tertiary/aromatic N) is 1. The Bertz CT molecular complexity index is 562. The molecule has 3 atom stereocenters. The smallest absolute Gasteiger partial charge is 0.338 e. The van der Waals surface area contributed by atoms with Crippen LogP contribution in [0.1, 0.15) is 46.0 Å². The molecule has 1 saturated heterocycles. The highest BCUT2D eigenvalue weighted by molar-refractivity contribution is 5.91. The minimum atomic E-state index is -1.27. The first-order valence-corrected chi connectivity index (χ1v) is 9.40. The number of carbonyl (C=O) groups excluding carboxylic acids is 3. The highest BCUT2D eigenvalue weighted by Crippen LogP contribution is 2.19. The molecule has 154 valence electrons. The zero-order valence-electron chi connectivity index (χ0n) is 16.2. The van der Waals surface area contributed by atoms with Crippen molar-refractivity contribution in [3.63, 3.8) is 0 Å². The van der Waals surface area contributed by atoms with Gasteiger partial charge in [-0.15, -0.1) is 0 Å². The van der Waals surface area contributed by atoms with Crippen molar-refractivity contribution in [1.29, 1.82) is 0 Å². The van der Waals surface area contributed by atoms with Crippen molar-refractivity contribution in [3.8, 4) is 0 Å². The molecule has 2 amide bonds. The van der Waals surface area contributed by atoms with Gasteiger partial charge in [0.25, 0.3) is 5.91 Å². The van der Waals surface area contributed by atoms with Crippen LogP contribution in [-0.2, 0) is 14.4 Å². The van der Waals surface area contributed by atoms with E-state index in [1.165, 1.54) is 4.90 Å². The first-order valence-electron chi connectivity index (χ1n) is 9.40. The molecular weight excluding hydrogens is 352 g/mol. The first-order chi connectivity index (χ1) is 12.6. The molecule has 0 spiro atoms. The number of guanidine groups is 1. The lowest BCUT2D eigenvalue weighted by Crippen LogP contribution is -2.78. The van der Waals surface area contributed by atoms with Gasteiger partial charge in [0.1, 0.15) is 6.04 Å². The van der Waals surface area contributed by atoms with Crippen LogP contribution >= 0.6 is 0 Å². The average molecular weight is 385 g/mol. The third kappa shape index (κ3) is 7.41. The summed E-state index contributed by atoms with van der Waals surface area (Å²) in [5.41, 5.74) is 14.6. The Labute approximate surface area is 159 Å². The summed E-state index contributed by atoms with van der Waals surface area (Å²) in [4.78, 5) is 40.7. The van der Waals surface area contributed by atoms with E-state index in [9.17, 15) is 19.5 Å². The number of amides is 2. The van der Waals surface area contributed by atoms with Crippen molar-refractivity contribution in [2.45, 2.75) is 64.1 Å². The Hall–Kier alpha value is -2.36. The van der Waals surface area contributed by atoms with Crippen molar-refractivity contribution >= 4 is 23.7 Å². The first kappa shape index (κ1) is 22.7. The van der Waals surface area contributed by atoms with Crippen molar-refractivity contribution in [2.75, 3.05) is 13.1 Å². The van der Waals surface area contributed by atoms with Gasteiger partial charge < -0.3 is 25.9 Å². The minimum absolute atomic E-state index is 0.0771. The van der Waals surface area contributed by atoms with Crippen molar-refractivity contribution in [3.05, 3.63) is 0 Å². The van der Waals surface area contributed by atoms with E-state index < -0.39 is 30.0 Å². The van der Waals surface area contributed by atoms with E-state index in [2.05, 4.69) is 16.0 Å². The van der Waals surface area contributed by atoms with Gasteiger partial charge in [0, 0.05) is 13.0 Å². The summed E-state index contributed by atoms with van der Waals surface area (Å²) in [5.74, 6) is -1.62. The van der Waals surface area contributed by atoms with Crippen LogP contribution in [0.3, 0.4) is 0 Å². The van der Waals surface area contributed by atoms with Crippen LogP contribution in [0.15, 0.2) is 0 Å². The molecule has 0 saturated carbocycles. The van der Waals surface area contributed by atoms with E-state index in [1.54, 1.807) is 0 Å². The van der Waals surface area contributed by atoms with Crippen LogP contribution in [-0.4, -0.2) is 59.9 Å². The maximum atomic E-state index is 12.9. The average Bonchev–Trinajstić information content (AvgIpc) is 3.05. The molecule has 1 fully saturated rings. The molecule has 1 rings (SSSR count). The van der Waals surface area contributed by atoms with E-state index in [4.69, 9.17) is 11.5 Å². The van der Waals surface area contributed by atoms with Gasteiger partial charge in [-0.25, -0.2) is 0 Å². The molecule has 1 aliphatic heterocycles. The molecule has 0 radical (unpaired) electrons. The Morgan fingerprint density at radius 1 is 1.33 bits per heavy atom. The van der Waals surface area contributed by atoms with Gasteiger partial charge in [-0.2, -0.15) is 0 Å². The number of carboxylic acid groups (broad SMARTS) is 1. The van der Waals surface area contributed by atoms with E-state index in [0.29, 0.717) is 51.1 Å². The molecule has 10 heteroatoms. The topological polar surface area (TPSA) is 183 Å². The van der Waals surface area contributed by atoms with Crippen LogP contribution in [0.5, 0.6) is 0 Å². The van der Waals surface area contributed by atoms with Gasteiger partial charge in [-0.1, -0.05) is 13.8 Å². The van der Waals surface area contributed by atoms with Gasteiger partial charge in [0.15, 0.2) is 6.04 Å². The monoisotopic (exact) mass is 385 g/mol. The zero-order chi connectivity index (χ0) is 20.6. The summed E-state index contributed by atoms with van der Waals surface area (Å²) >= 11 is 0. The van der Waals surface area contributed by atoms with Crippen LogP contribution in [0.4, 0.5) is 0 Å². The number of hydrogen-bond acceptors (Lipinski definition) is 4. The second-order valence-corrected chi connectivity index (χ2v) is 7.42. The number of rotatable bonds is 10. The molecule has 0 aromatic carbocycles. The largest absolute Gasteiger partial charge is 0.548 e. The number of nitrogens with two attached hydrogens (primary N) is 2. The fraction of sp³-hybridized carbons (Fsp3) is 0.765. The lowest BCUT2D eigenvalue weighted by molar-refractivity contribution is -0.459. The van der Waals surface area contributed by atoms with Crippen LogP contribution in [0.25, 0.3) is 0 Å². The van der Waals surface area contributed by atoms with Crippen LogP contribution < -0.4 is 32.6 Å². The number of aliphatic carboxylic acids is 1. The molecule has 0 aromatic heterocycles. The molecular formula is C17H33N6O4+. The summed E-state index contributed by atoms with van der Waals surface area (Å²) in [6.45, 7) is 4.75. The summed E-state index contributed by atoms with van der Waals surface area (Å²) in [5, 5.41) is 14.0. The van der Waals surface area contributed by atoms with Gasteiger partial charge in [0.05, 0.1) is 18.6 Å². The molecule has 1 aliphatic rings. The summed E-state index contributed by atoms with van der Waals surface area (Å²) in [6.07, 6.45) is 2.40. The predicted octanol–water partition coefficient (Wildman–Crippen LogP) is -5.00. The maximum absolute atomic E-state index is 12.9. The van der Waals surface area contributed by atoms with E-state index in [1.807, 2.05) is 13.8 Å². The summed E-state index contributed by atoms with van der Waals surface area (Å²) < 4.78 is 0. The summed E-state index contributed by atoms with van der Waals surface area (Å²) in [7, 11) is 0. The molecule has 0 unspecified atom stereocenters. The van der Waals surface area contributed by atoms with Crippen molar-refractivity contribution in [1.82, 2.24) is 10.2 Å². The SMILES string of the molecule is CC(C)C[C@H]([NH3+])C(=O)N[C@@H](CCC[NH+]=C(N)N)C(=O)N1CCC[C@H]1C(=O)[O-]. The Balaban J connectivity index is 2.82. The molecule has 0 aromatic rings. The maximum Gasteiger partial charge on any atom is 0.338 e.